The van der Waals surface area contributed by atoms with Gasteiger partial charge >= 0.3 is 17.9 Å². The lowest BCUT2D eigenvalue weighted by molar-refractivity contribution is -0.138. The maximum Gasteiger partial charge on any atom is 0.307 e. The summed E-state index contributed by atoms with van der Waals surface area (Å²) in [6, 6.07) is 75.8. The van der Waals surface area contributed by atoms with E-state index in [1.165, 1.54) is 18.4 Å². The molecular weight excluding hydrogens is 1390 g/mol. The van der Waals surface area contributed by atoms with E-state index in [2.05, 4.69) is 55.5 Å². The number of hydrogen-bond acceptors (Lipinski definition) is 10. The molecule has 3 N–H and O–H groups in total. The Labute approximate surface area is 656 Å². The highest BCUT2D eigenvalue weighted by Gasteiger charge is 2.36. The summed E-state index contributed by atoms with van der Waals surface area (Å²) in [4.78, 5) is 77.9. The molecule has 3 saturated carbocycles. The van der Waals surface area contributed by atoms with Crippen molar-refractivity contribution in [1.82, 2.24) is 14.7 Å². The quantitative estimate of drug-likeness (QED) is 0.0242. The van der Waals surface area contributed by atoms with Crippen LogP contribution >= 0.6 is 0 Å². The molecular formula is C95H101N3O13. The van der Waals surface area contributed by atoms with Crippen molar-refractivity contribution in [1.29, 1.82) is 0 Å². The van der Waals surface area contributed by atoms with Crippen molar-refractivity contribution in [3.63, 3.8) is 0 Å². The van der Waals surface area contributed by atoms with Gasteiger partial charge in [-0.05, 0) is 202 Å². The lowest BCUT2D eigenvalue weighted by atomic mass is 9.94. The fourth-order valence-corrected chi connectivity index (χ4v) is 12.8. The first kappa shape index (κ1) is 76.0. The molecule has 0 saturated heterocycles. The molecule has 111 heavy (non-hydrogen) atoms. The largest absolute Gasteiger partial charge is 0.493 e. The molecule has 3 aliphatic rings. The number of rotatable bonds is 39. The fourth-order valence-electron chi connectivity index (χ4n) is 12.8. The Hall–Kier alpha value is -11.8. The van der Waals surface area contributed by atoms with Gasteiger partial charge in [-0.1, -0.05) is 195 Å². The first-order chi connectivity index (χ1) is 55.5. The standard InChI is InChI=1S/C35H35NO4.C33H39NO4.C27H27NO5/c37-34(38)17-5-2-10-24-40-33-16-9-6-13-29(33)25-36(30-22-23-30)35(39)28-20-18-27(19-21-28)32-15-8-7-14-31(32)26-11-3-1-4-12-26;1-2-3-9-25-13-15-26(16-14-25)27-17-19-28(20-18-27)33(37)34(30-21-22-30)24-29-10-6-7-11-31(29)38-23-8-4-5-12-32(35)36;29-26(30)10-2-1-5-17-32-25-8-4-3-7-22(25)19-28(23-15-16-23)27(31)21-13-11-20(12-14-21)24-9-6-18-33-24/h1,3-4,6-9,11-16,18-21,30H,2,5,10,17,22-25H2,(H,37,38);6-7,10-11,13-20,30H,2-5,8-9,12,21-24H2,1H3,(H,35,36);1-4,6-9,11-14,18,23H,5,10,15-17,19H2,(H,29,30)/b;;2-1+/i25D;24D;19D. The second-order valence-electron chi connectivity index (χ2n) is 28.1. The molecule has 0 bridgehead atoms. The zero-order valence-electron chi connectivity index (χ0n) is 66.0. The van der Waals surface area contributed by atoms with Gasteiger partial charge in [0, 0.05) is 89.5 Å². The number of unbranched alkanes of at least 4 members (excludes halogenated alkanes) is 5. The van der Waals surface area contributed by atoms with E-state index in [4.69, 9.17) is 38.1 Å². The Bertz CT molecular complexity index is 4780. The highest BCUT2D eigenvalue weighted by Crippen LogP contribution is 2.38. The number of hydrogen-bond donors (Lipinski definition) is 3. The molecule has 1 heterocycles. The topological polar surface area (TPSA) is 214 Å². The molecule has 16 heteroatoms. The lowest BCUT2D eigenvalue weighted by Gasteiger charge is -2.24. The van der Waals surface area contributed by atoms with Crippen molar-refractivity contribution in [2.75, 3.05) is 19.8 Å². The van der Waals surface area contributed by atoms with E-state index in [9.17, 15) is 28.8 Å². The summed E-state index contributed by atoms with van der Waals surface area (Å²) in [6.07, 6.45) is 18.8. The maximum absolute atomic E-state index is 13.8. The van der Waals surface area contributed by atoms with Crippen LogP contribution in [0.3, 0.4) is 0 Å². The van der Waals surface area contributed by atoms with Crippen LogP contribution in [0.15, 0.2) is 259 Å². The molecule has 0 aliphatic heterocycles. The summed E-state index contributed by atoms with van der Waals surface area (Å²) in [6.45, 7) is 0.774. The van der Waals surface area contributed by atoms with Gasteiger partial charge < -0.3 is 48.6 Å². The predicted molar refractivity (Wildman–Crippen MR) is 435 cm³/mol. The van der Waals surface area contributed by atoms with Gasteiger partial charge in [-0.2, -0.15) is 0 Å². The third kappa shape index (κ3) is 24.9. The second kappa shape index (κ2) is 41.7. The number of furan rings is 1. The lowest BCUT2D eigenvalue weighted by Crippen LogP contribution is -2.32. The molecule has 3 aliphatic carbocycles. The zero-order valence-corrected chi connectivity index (χ0v) is 63.0. The molecule has 10 aromatic rings. The summed E-state index contributed by atoms with van der Waals surface area (Å²) >= 11 is 0. The average Bonchev–Trinajstić information content (AvgIpc) is 1.67. The van der Waals surface area contributed by atoms with Crippen LogP contribution in [-0.2, 0) is 40.4 Å². The number of ether oxygens (including phenoxy) is 3. The van der Waals surface area contributed by atoms with Crippen LogP contribution < -0.4 is 14.2 Å². The normalized spacial score (nSPS) is 14.1. The van der Waals surface area contributed by atoms with Crippen LogP contribution in [-0.4, -0.2) is 104 Å². The molecule has 3 amide bonds. The van der Waals surface area contributed by atoms with Crippen LogP contribution in [0.25, 0.3) is 44.7 Å². The van der Waals surface area contributed by atoms with E-state index in [-0.39, 0.29) is 55.1 Å². The maximum atomic E-state index is 13.8. The van der Waals surface area contributed by atoms with Crippen LogP contribution in [0.5, 0.6) is 17.2 Å². The summed E-state index contributed by atoms with van der Waals surface area (Å²) in [7, 11) is 0. The Balaban J connectivity index is 0.000000169. The molecule has 16 nitrogen and oxygen atoms in total. The first-order valence-electron chi connectivity index (χ1n) is 40.6. The van der Waals surface area contributed by atoms with Crippen molar-refractivity contribution in [2.24, 2.45) is 0 Å². The smallest absolute Gasteiger partial charge is 0.307 e. The number of nitrogens with zero attached hydrogens (tertiary/aromatic N) is 3. The van der Waals surface area contributed by atoms with Gasteiger partial charge in [0.2, 0.25) is 0 Å². The first-order valence-corrected chi connectivity index (χ1v) is 38.8. The highest BCUT2D eigenvalue weighted by atomic mass is 16.5. The molecule has 3 fully saturated rings. The van der Waals surface area contributed by atoms with Gasteiger partial charge in [0.1, 0.15) is 23.0 Å². The van der Waals surface area contributed by atoms with Crippen LogP contribution in [0.2, 0.25) is 0 Å². The van der Waals surface area contributed by atoms with E-state index in [1.807, 2.05) is 170 Å². The van der Waals surface area contributed by atoms with Gasteiger partial charge in [0.15, 0.2) is 0 Å². The Morgan fingerprint density at radius 3 is 1.19 bits per heavy atom. The number of carboxylic acid groups (broad SMARTS) is 3. The second-order valence-corrected chi connectivity index (χ2v) is 28.1. The zero-order chi connectivity index (χ0) is 80.1. The Morgan fingerprint density at radius 2 is 0.784 bits per heavy atom. The molecule has 1 aromatic heterocycles. The third-order valence-electron chi connectivity index (χ3n) is 19.3. The van der Waals surface area contributed by atoms with Gasteiger partial charge in [-0.25, -0.2) is 0 Å². The predicted octanol–water partition coefficient (Wildman–Crippen LogP) is 20.9. The van der Waals surface area contributed by atoms with Gasteiger partial charge in [0.05, 0.1) is 36.6 Å². The number of aliphatic carboxylic acids is 3. The van der Waals surface area contributed by atoms with Gasteiger partial charge in [-0.15, -0.1) is 0 Å². The van der Waals surface area contributed by atoms with E-state index in [0.717, 1.165) is 115 Å². The fraction of sp³-hybridized carbons (Fsp3) is 0.305. The average molecular weight is 1500 g/mol. The minimum absolute atomic E-state index is 0.0215. The van der Waals surface area contributed by atoms with Crippen LogP contribution in [0, 0.1) is 0 Å². The van der Waals surface area contributed by atoms with Crippen molar-refractivity contribution in [3.8, 4) is 62.0 Å². The summed E-state index contributed by atoms with van der Waals surface area (Å²) in [5, 5.41) is 26.3. The summed E-state index contributed by atoms with van der Waals surface area (Å²) in [5.74, 6) is -0.426. The van der Waals surface area contributed by atoms with E-state index in [0.29, 0.717) is 89.7 Å². The Morgan fingerprint density at radius 1 is 0.396 bits per heavy atom. The van der Waals surface area contributed by atoms with Crippen LogP contribution in [0.4, 0.5) is 0 Å². The summed E-state index contributed by atoms with van der Waals surface area (Å²) in [5.41, 5.74) is 12.5. The molecule has 13 rings (SSSR count). The number of amides is 3. The number of para-hydroxylation sites is 3. The van der Waals surface area contributed by atoms with Crippen molar-refractivity contribution < 1.29 is 66.8 Å². The van der Waals surface area contributed by atoms with Crippen molar-refractivity contribution >= 4 is 35.6 Å². The van der Waals surface area contributed by atoms with Crippen molar-refractivity contribution in [3.05, 3.63) is 294 Å². The number of aryl methyl sites for hydroxylation is 1. The van der Waals surface area contributed by atoms with Crippen molar-refractivity contribution in [2.45, 2.75) is 167 Å². The van der Waals surface area contributed by atoms with Gasteiger partial charge in [0.25, 0.3) is 17.7 Å². The van der Waals surface area contributed by atoms with E-state index < -0.39 is 37.5 Å². The molecule has 9 aromatic carbocycles. The van der Waals surface area contributed by atoms with Gasteiger partial charge in [-0.3, -0.25) is 28.8 Å². The minimum Gasteiger partial charge on any atom is -0.493 e. The molecule has 3 atom stereocenters. The highest BCUT2D eigenvalue weighted by molar-refractivity contribution is 5.97. The molecule has 3 unspecified atom stereocenters. The molecule has 0 spiro atoms. The molecule has 574 valence electrons. The number of carbonyl (C=O) groups excluding carboxylic acids is 3. The number of carboxylic acids is 3. The van der Waals surface area contributed by atoms with E-state index in [1.54, 1.807) is 51.3 Å². The van der Waals surface area contributed by atoms with Crippen LogP contribution in [0.1, 0.15) is 180 Å². The number of carbonyl (C=O) groups is 6. The SMILES string of the molecule is [2H]C(c1ccccc1OCC/C=C/CC(=O)O)N(C(=O)c1ccc(-c2ccco2)cc1)C1CC1.[2H]C(c1ccccc1OCCCCCC(=O)O)N(C(=O)c1ccc(-c2ccc(CCCC)cc2)cc1)C1CC1.[2H]C(c1ccccc1OCCCCCC(=O)O)N(C(=O)c1ccc(-c2ccccc2-c2ccccc2)cc1)C1CC1. The Kier molecular flexibility index (Phi) is 28.5. The minimum atomic E-state index is -0.900. The summed E-state index contributed by atoms with van der Waals surface area (Å²) < 4.78 is 50.4. The number of benzene rings is 9. The molecule has 0 radical (unpaired) electrons. The third-order valence-corrected chi connectivity index (χ3v) is 19.3. The van der Waals surface area contributed by atoms with E-state index >= 15 is 0 Å². The monoisotopic (exact) mass is 1490 g/mol.